The predicted molar refractivity (Wildman–Crippen MR) is 69.2 cm³/mol. The average Bonchev–Trinajstić information content (AvgIpc) is 2.22. The van der Waals surface area contributed by atoms with E-state index < -0.39 is 5.54 Å². The fraction of sp³-hybridized carbons (Fsp3) is 0.500. The standard InChI is InChI=1S/C12H17BrFNO2/c1-12(2,15)6-7-5-8(16-3)11(17-4)9(13)10(7)14/h5H,6,15H2,1-4H3. The highest BCUT2D eigenvalue weighted by Crippen LogP contribution is 2.39. The largest absolute Gasteiger partial charge is 0.493 e. The van der Waals surface area contributed by atoms with E-state index in [2.05, 4.69) is 15.9 Å². The van der Waals surface area contributed by atoms with Gasteiger partial charge in [-0.3, -0.25) is 0 Å². The van der Waals surface area contributed by atoms with E-state index in [9.17, 15) is 4.39 Å². The lowest BCUT2D eigenvalue weighted by molar-refractivity contribution is 0.348. The summed E-state index contributed by atoms with van der Waals surface area (Å²) in [5, 5.41) is 0. The quantitative estimate of drug-likeness (QED) is 0.930. The maximum absolute atomic E-state index is 14.1. The van der Waals surface area contributed by atoms with Gasteiger partial charge in [-0.2, -0.15) is 0 Å². The van der Waals surface area contributed by atoms with Crippen molar-refractivity contribution in [3.8, 4) is 11.5 Å². The van der Waals surface area contributed by atoms with Crippen LogP contribution in [0.4, 0.5) is 4.39 Å². The molecule has 0 saturated carbocycles. The number of nitrogens with two attached hydrogens (primary N) is 1. The molecule has 0 radical (unpaired) electrons. The van der Waals surface area contributed by atoms with Gasteiger partial charge >= 0.3 is 0 Å². The normalized spacial score (nSPS) is 11.5. The monoisotopic (exact) mass is 305 g/mol. The molecular weight excluding hydrogens is 289 g/mol. The van der Waals surface area contributed by atoms with Gasteiger partial charge in [0.1, 0.15) is 5.82 Å². The fourth-order valence-corrected chi connectivity index (χ4v) is 2.21. The van der Waals surface area contributed by atoms with Gasteiger partial charge in [0, 0.05) is 5.54 Å². The van der Waals surface area contributed by atoms with Gasteiger partial charge in [-0.15, -0.1) is 0 Å². The first-order chi connectivity index (χ1) is 7.80. The van der Waals surface area contributed by atoms with Crippen LogP contribution in [0.5, 0.6) is 11.5 Å². The third-order valence-electron chi connectivity index (χ3n) is 2.27. The SMILES string of the molecule is COc1cc(CC(C)(C)N)c(F)c(Br)c1OC. The second kappa shape index (κ2) is 5.23. The van der Waals surface area contributed by atoms with Crippen LogP contribution >= 0.6 is 15.9 Å². The Kier molecular flexibility index (Phi) is 4.38. The first-order valence-corrected chi connectivity index (χ1v) is 5.97. The summed E-state index contributed by atoms with van der Waals surface area (Å²) in [6, 6.07) is 1.62. The molecule has 0 unspecified atom stereocenters. The minimum absolute atomic E-state index is 0.263. The molecule has 0 fully saturated rings. The van der Waals surface area contributed by atoms with Crippen molar-refractivity contribution in [2.75, 3.05) is 14.2 Å². The number of halogens is 2. The molecule has 1 aromatic carbocycles. The second-order valence-corrected chi connectivity index (χ2v) is 5.36. The minimum Gasteiger partial charge on any atom is -0.493 e. The highest BCUT2D eigenvalue weighted by Gasteiger charge is 2.21. The van der Waals surface area contributed by atoms with Gasteiger partial charge in [0.05, 0.1) is 18.7 Å². The summed E-state index contributed by atoms with van der Waals surface area (Å²) in [5.41, 5.74) is 5.91. The molecule has 0 heterocycles. The van der Waals surface area contributed by atoms with Crippen LogP contribution in [0.3, 0.4) is 0 Å². The highest BCUT2D eigenvalue weighted by atomic mass is 79.9. The van der Waals surface area contributed by atoms with Crippen molar-refractivity contribution in [3.63, 3.8) is 0 Å². The van der Waals surface area contributed by atoms with Crippen molar-refractivity contribution in [1.82, 2.24) is 0 Å². The van der Waals surface area contributed by atoms with E-state index in [1.807, 2.05) is 13.8 Å². The Labute approximate surface area is 109 Å². The van der Waals surface area contributed by atoms with Crippen LogP contribution in [0, 0.1) is 5.82 Å². The molecule has 0 atom stereocenters. The zero-order valence-electron chi connectivity index (χ0n) is 10.4. The summed E-state index contributed by atoms with van der Waals surface area (Å²) in [7, 11) is 2.98. The van der Waals surface area contributed by atoms with Crippen LogP contribution in [-0.2, 0) is 6.42 Å². The van der Waals surface area contributed by atoms with Crippen LogP contribution in [0.15, 0.2) is 10.5 Å². The Morgan fingerprint density at radius 2 is 1.94 bits per heavy atom. The van der Waals surface area contributed by atoms with Crippen LogP contribution in [0.25, 0.3) is 0 Å². The van der Waals surface area contributed by atoms with Gasteiger partial charge in [-0.05, 0) is 47.8 Å². The van der Waals surface area contributed by atoms with E-state index in [1.165, 1.54) is 14.2 Å². The van der Waals surface area contributed by atoms with Crippen molar-refractivity contribution in [2.24, 2.45) is 5.73 Å². The molecule has 0 aromatic heterocycles. The van der Waals surface area contributed by atoms with Crippen molar-refractivity contribution >= 4 is 15.9 Å². The van der Waals surface area contributed by atoms with Crippen molar-refractivity contribution in [1.29, 1.82) is 0 Å². The first-order valence-electron chi connectivity index (χ1n) is 5.18. The molecule has 0 amide bonds. The molecule has 2 N–H and O–H groups in total. The molecule has 0 saturated heterocycles. The van der Waals surface area contributed by atoms with Crippen LogP contribution in [-0.4, -0.2) is 19.8 Å². The lowest BCUT2D eigenvalue weighted by Crippen LogP contribution is -2.34. The third kappa shape index (κ3) is 3.33. The minimum atomic E-state index is -0.486. The van der Waals surface area contributed by atoms with Crippen LogP contribution in [0.2, 0.25) is 0 Å². The summed E-state index contributed by atoms with van der Waals surface area (Å²) in [6.45, 7) is 3.69. The second-order valence-electron chi connectivity index (χ2n) is 4.56. The molecule has 0 aliphatic rings. The summed E-state index contributed by atoms with van der Waals surface area (Å²) in [5.74, 6) is 0.477. The lowest BCUT2D eigenvalue weighted by Gasteiger charge is -2.20. The highest BCUT2D eigenvalue weighted by molar-refractivity contribution is 9.10. The summed E-state index contributed by atoms with van der Waals surface area (Å²) >= 11 is 3.17. The van der Waals surface area contributed by atoms with E-state index in [0.29, 0.717) is 23.5 Å². The molecule has 0 bridgehead atoms. The van der Waals surface area contributed by atoms with Gasteiger partial charge in [0.25, 0.3) is 0 Å². The maximum atomic E-state index is 14.1. The Bertz CT molecular complexity index is 416. The van der Waals surface area contributed by atoms with E-state index in [0.717, 1.165) is 0 Å². The zero-order chi connectivity index (χ0) is 13.2. The molecule has 17 heavy (non-hydrogen) atoms. The number of benzene rings is 1. The van der Waals surface area contributed by atoms with Gasteiger partial charge in [0.2, 0.25) is 0 Å². The van der Waals surface area contributed by atoms with Gasteiger partial charge in [-0.1, -0.05) is 0 Å². The van der Waals surface area contributed by atoms with Crippen molar-refractivity contribution in [3.05, 3.63) is 21.9 Å². The van der Waals surface area contributed by atoms with Crippen LogP contribution in [0.1, 0.15) is 19.4 Å². The number of ether oxygens (including phenoxy) is 2. The van der Waals surface area contributed by atoms with Crippen molar-refractivity contribution in [2.45, 2.75) is 25.8 Å². The number of hydrogen-bond acceptors (Lipinski definition) is 3. The molecular formula is C12H17BrFNO2. The summed E-state index contributed by atoms with van der Waals surface area (Å²) < 4.78 is 24.6. The lowest BCUT2D eigenvalue weighted by atomic mass is 9.95. The Morgan fingerprint density at radius 1 is 1.35 bits per heavy atom. The molecule has 1 aromatic rings. The molecule has 5 heteroatoms. The topological polar surface area (TPSA) is 44.5 Å². The Balaban J connectivity index is 3.29. The molecule has 0 aliphatic carbocycles. The van der Waals surface area contributed by atoms with E-state index in [4.69, 9.17) is 15.2 Å². The van der Waals surface area contributed by atoms with E-state index in [1.54, 1.807) is 6.07 Å². The average molecular weight is 306 g/mol. The number of hydrogen-bond donors (Lipinski definition) is 1. The Hall–Kier alpha value is -0.810. The van der Waals surface area contributed by atoms with Crippen molar-refractivity contribution < 1.29 is 13.9 Å². The molecule has 0 aliphatic heterocycles. The number of methoxy groups -OCH3 is 2. The molecule has 0 spiro atoms. The predicted octanol–water partition coefficient (Wildman–Crippen LogP) is 2.89. The van der Waals surface area contributed by atoms with Gasteiger partial charge in [0.15, 0.2) is 11.5 Å². The maximum Gasteiger partial charge on any atom is 0.177 e. The van der Waals surface area contributed by atoms with Gasteiger partial charge in [-0.25, -0.2) is 4.39 Å². The van der Waals surface area contributed by atoms with E-state index >= 15 is 0 Å². The molecule has 1 rings (SSSR count). The zero-order valence-corrected chi connectivity index (χ0v) is 12.0. The Morgan fingerprint density at radius 3 is 2.35 bits per heavy atom. The number of rotatable bonds is 4. The van der Waals surface area contributed by atoms with E-state index in [-0.39, 0.29) is 10.3 Å². The molecule has 3 nitrogen and oxygen atoms in total. The van der Waals surface area contributed by atoms with Gasteiger partial charge < -0.3 is 15.2 Å². The third-order valence-corrected chi connectivity index (χ3v) is 2.98. The summed E-state index contributed by atoms with van der Waals surface area (Å²) in [4.78, 5) is 0. The first kappa shape index (κ1) is 14.3. The summed E-state index contributed by atoms with van der Waals surface area (Å²) in [6.07, 6.45) is 0.414. The molecule has 96 valence electrons. The fourth-order valence-electron chi connectivity index (χ4n) is 1.60. The smallest absolute Gasteiger partial charge is 0.177 e. The van der Waals surface area contributed by atoms with Crippen LogP contribution < -0.4 is 15.2 Å².